The first-order valence-electron chi connectivity index (χ1n) is 9.85. The highest BCUT2D eigenvalue weighted by Gasteiger charge is 2.28. The summed E-state index contributed by atoms with van der Waals surface area (Å²) in [5.41, 5.74) is 0.497. The SMILES string of the molecule is CCN1CCN(S(=O)(=O)c2ccc(NC(=O)[C@H](C)Oc3cccc(Cl)c3)cc2)CC1. The predicted octanol–water partition coefficient (Wildman–Crippen LogP) is 3.07. The fourth-order valence-electron chi connectivity index (χ4n) is 3.19. The van der Waals surface area contributed by atoms with E-state index >= 15 is 0 Å². The van der Waals surface area contributed by atoms with Crippen LogP contribution in [0.15, 0.2) is 53.4 Å². The summed E-state index contributed by atoms with van der Waals surface area (Å²) in [6.45, 7) is 7.04. The van der Waals surface area contributed by atoms with Crippen molar-refractivity contribution in [2.45, 2.75) is 24.8 Å². The number of carbonyl (C=O) groups excluding carboxylic acids is 1. The van der Waals surface area contributed by atoms with E-state index in [9.17, 15) is 13.2 Å². The molecule has 0 saturated carbocycles. The largest absolute Gasteiger partial charge is 0.481 e. The van der Waals surface area contributed by atoms with Crippen LogP contribution < -0.4 is 10.1 Å². The van der Waals surface area contributed by atoms with Crippen LogP contribution >= 0.6 is 11.6 Å². The maximum atomic E-state index is 12.8. The molecular weight excluding hydrogens is 426 g/mol. The van der Waals surface area contributed by atoms with E-state index in [0.29, 0.717) is 29.5 Å². The fourth-order valence-corrected chi connectivity index (χ4v) is 4.79. The highest BCUT2D eigenvalue weighted by atomic mass is 35.5. The number of hydrogen-bond acceptors (Lipinski definition) is 5. The summed E-state index contributed by atoms with van der Waals surface area (Å²) in [7, 11) is -3.54. The molecule has 2 aromatic rings. The van der Waals surface area contributed by atoms with Gasteiger partial charge in [-0.2, -0.15) is 4.31 Å². The van der Waals surface area contributed by atoms with Gasteiger partial charge in [-0.3, -0.25) is 4.79 Å². The van der Waals surface area contributed by atoms with Gasteiger partial charge in [0.05, 0.1) is 4.90 Å². The van der Waals surface area contributed by atoms with Crippen molar-refractivity contribution in [1.82, 2.24) is 9.21 Å². The van der Waals surface area contributed by atoms with Crippen molar-refractivity contribution in [1.29, 1.82) is 0 Å². The van der Waals surface area contributed by atoms with Gasteiger partial charge in [0.25, 0.3) is 5.91 Å². The number of piperazine rings is 1. The van der Waals surface area contributed by atoms with Gasteiger partial charge in [-0.15, -0.1) is 0 Å². The number of rotatable bonds is 7. The third-order valence-corrected chi connectivity index (χ3v) is 7.16. The summed E-state index contributed by atoms with van der Waals surface area (Å²) in [5.74, 6) is 0.149. The molecule has 1 fully saturated rings. The minimum Gasteiger partial charge on any atom is -0.481 e. The van der Waals surface area contributed by atoms with E-state index < -0.39 is 16.1 Å². The lowest BCUT2D eigenvalue weighted by Gasteiger charge is -2.33. The molecule has 0 unspecified atom stereocenters. The molecule has 1 aliphatic rings. The van der Waals surface area contributed by atoms with Crippen LogP contribution in [-0.2, 0) is 14.8 Å². The maximum Gasteiger partial charge on any atom is 0.265 e. The third kappa shape index (κ3) is 5.51. The predicted molar refractivity (Wildman–Crippen MR) is 117 cm³/mol. The molecule has 2 aromatic carbocycles. The van der Waals surface area contributed by atoms with E-state index in [1.165, 1.54) is 16.4 Å². The molecule has 30 heavy (non-hydrogen) atoms. The van der Waals surface area contributed by atoms with Crippen LogP contribution in [0.3, 0.4) is 0 Å². The van der Waals surface area contributed by atoms with E-state index in [2.05, 4.69) is 17.1 Å². The van der Waals surface area contributed by atoms with E-state index in [0.717, 1.165) is 19.6 Å². The average molecular weight is 452 g/mol. The van der Waals surface area contributed by atoms with E-state index in [1.807, 2.05) is 0 Å². The van der Waals surface area contributed by atoms with E-state index in [4.69, 9.17) is 16.3 Å². The average Bonchev–Trinajstić information content (AvgIpc) is 2.74. The zero-order valence-corrected chi connectivity index (χ0v) is 18.6. The molecule has 0 aliphatic carbocycles. The van der Waals surface area contributed by atoms with Crippen LogP contribution in [-0.4, -0.2) is 62.4 Å². The van der Waals surface area contributed by atoms with Crippen LogP contribution in [0.4, 0.5) is 5.69 Å². The topological polar surface area (TPSA) is 79.0 Å². The molecule has 7 nitrogen and oxygen atoms in total. The second kappa shape index (κ2) is 9.78. The lowest BCUT2D eigenvalue weighted by molar-refractivity contribution is -0.122. The number of carbonyl (C=O) groups is 1. The molecule has 3 rings (SSSR count). The lowest BCUT2D eigenvalue weighted by Crippen LogP contribution is -2.48. The number of benzene rings is 2. The Morgan fingerprint density at radius 3 is 2.40 bits per heavy atom. The molecule has 0 bridgehead atoms. The van der Waals surface area contributed by atoms with Gasteiger partial charge in [-0.1, -0.05) is 24.6 Å². The molecule has 1 saturated heterocycles. The van der Waals surface area contributed by atoms with Gasteiger partial charge in [0.1, 0.15) is 5.75 Å². The number of nitrogens with zero attached hydrogens (tertiary/aromatic N) is 2. The lowest BCUT2D eigenvalue weighted by atomic mass is 10.3. The van der Waals surface area contributed by atoms with Crippen LogP contribution in [0.5, 0.6) is 5.75 Å². The molecule has 1 N–H and O–H groups in total. The fraction of sp³-hybridized carbons (Fsp3) is 0.381. The molecule has 0 radical (unpaired) electrons. The molecular formula is C21H26ClN3O4S. The summed E-state index contributed by atoms with van der Waals surface area (Å²) in [6.07, 6.45) is -0.748. The maximum absolute atomic E-state index is 12.8. The number of anilines is 1. The van der Waals surface area contributed by atoms with Crippen molar-refractivity contribution in [3.05, 3.63) is 53.6 Å². The zero-order valence-electron chi connectivity index (χ0n) is 17.0. The smallest absolute Gasteiger partial charge is 0.265 e. The summed E-state index contributed by atoms with van der Waals surface area (Å²) in [4.78, 5) is 14.8. The Labute approximate surface area is 182 Å². The minimum absolute atomic E-state index is 0.216. The highest BCUT2D eigenvalue weighted by Crippen LogP contribution is 2.21. The van der Waals surface area contributed by atoms with Gasteiger partial charge in [0.2, 0.25) is 10.0 Å². The molecule has 9 heteroatoms. The summed E-state index contributed by atoms with van der Waals surface area (Å²) in [6, 6.07) is 13.0. The normalized spacial score (nSPS) is 16.8. The van der Waals surface area contributed by atoms with Crippen LogP contribution in [0.25, 0.3) is 0 Å². The molecule has 0 aromatic heterocycles. The van der Waals surface area contributed by atoms with Crippen molar-refractivity contribution in [2.75, 3.05) is 38.0 Å². The molecule has 1 atom stereocenters. The van der Waals surface area contributed by atoms with Gasteiger partial charge in [0.15, 0.2) is 6.10 Å². The Morgan fingerprint density at radius 1 is 1.13 bits per heavy atom. The Kier molecular flexibility index (Phi) is 7.36. The first-order chi connectivity index (χ1) is 14.3. The van der Waals surface area contributed by atoms with Crippen molar-refractivity contribution in [2.24, 2.45) is 0 Å². The molecule has 0 spiro atoms. The molecule has 1 heterocycles. The van der Waals surface area contributed by atoms with Gasteiger partial charge in [-0.25, -0.2) is 8.42 Å². The van der Waals surface area contributed by atoms with Gasteiger partial charge >= 0.3 is 0 Å². The van der Waals surface area contributed by atoms with Crippen molar-refractivity contribution in [3.8, 4) is 5.75 Å². The number of likely N-dealkylation sites (N-methyl/N-ethyl adjacent to an activating group) is 1. The third-order valence-electron chi connectivity index (χ3n) is 5.02. The van der Waals surface area contributed by atoms with Gasteiger partial charge < -0.3 is 15.0 Å². The summed E-state index contributed by atoms with van der Waals surface area (Å²) < 4.78 is 32.8. The quantitative estimate of drug-likeness (QED) is 0.699. The molecule has 1 amide bonds. The monoisotopic (exact) mass is 451 g/mol. The number of halogens is 1. The van der Waals surface area contributed by atoms with Crippen LogP contribution in [0, 0.1) is 0 Å². The summed E-state index contributed by atoms with van der Waals surface area (Å²) in [5, 5.41) is 3.26. The standard InChI is InChI=1S/C21H26ClN3O4S/c1-3-24-11-13-25(14-12-24)30(27,28)20-9-7-18(8-10-20)23-21(26)16(2)29-19-6-4-5-17(22)15-19/h4-10,15-16H,3,11-14H2,1-2H3,(H,23,26)/t16-/m0/s1. The Morgan fingerprint density at radius 2 is 1.80 bits per heavy atom. The Balaban J connectivity index is 1.60. The van der Waals surface area contributed by atoms with Crippen LogP contribution in [0.2, 0.25) is 5.02 Å². The van der Waals surface area contributed by atoms with Gasteiger partial charge in [0, 0.05) is 36.9 Å². The number of amides is 1. The number of ether oxygens (including phenoxy) is 1. The highest BCUT2D eigenvalue weighted by molar-refractivity contribution is 7.89. The van der Waals surface area contributed by atoms with Crippen molar-refractivity contribution < 1.29 is 17.9 Å². The number of nitrogens with one attached hydrogen (secondary N) is 1. The molecule has 162 valence electrons. The van der Waals surface area contributed by atoms with E-state index in [-0.39, 0.29) is 10.8 Å². The second-order valence-corrected chi connectivity index (χ2v) is 9.44. The first kappa shape index (κ1) is 22.6. The molecule has 1 aliphatic heterocycles. The van der Waals surface area contributed by atoms with Crippen molar-refractivity contribution >= 4 is 33.2 Å². The minimum atomic E-state index is -3.54. The summed E-state index contributed by atoms with van der Waals surface area (Å²) >= 11 is 5.92. The van der Waals surface area contributed by atoms with Gasteiger partial charge in [-0.05, 0) is 55.9 Å². The Bertz CT molecular complexity index is 974. The Hall–Kier alpha value is -2.13. The van der Waals surface area contributed by atoms with Crippen LogP contribution in [0.1, 0.15) is 13.8 Å². The zero-order chi connectivity index (χ0) is 21.7. The second-order valence-electron chi connectivity index (χ2n) is 7.07. The van der Waals surface area contributed by atoms with Crippen molar-refractivity contribution in [3.63, 3.8) is 0 Å². The van der Waals surface area contributed by atoms with E-state index in [1.54, 1.807) is 43.3 Å². The number of sulfonamides is 1. The number of hydrogen-bond donors (Lipinski definition) is 1. The first-order valence-corrected chi connectivity index (χ1v) is 11.7.